The maximum Gasteiger partial charge on any atom is 0.123 e. The smallest absolute Gasteiger partial charge is 0.123 e. The summed E-state index contributed by atoms with van der Waals surface area (Å²) >= 11 is 0. The minimum Gasteiger partial charge on any atom is -0.508 e. The molecule has 2 nitrogen and oxygen atoms in total. The van der Waals surface area contributed by atoms with Crippen LogP contribution in [0.15, 0.2) is 36.4 Å². The van der Waals surface area contributed by atoms with Gasteiger partial charge in [-0.2, -0.15) is 0 Å². The number of phenols is 1. The molecule has 0 amide bonds. The van der Waals surface area contributed by atoms with Gasteiger partial charge in [-0.3, -0.25) is 0 Å². The Morgan fingerprint density at radius 2 is 1.52 bits per heavy atom. The average Bonchev–Trinajstić information content (AvgIpc) is 2.66. The van der Waals surface area contributed by atoms with E-state index >= 15 is 0 Å². The second kappa shape index (κ2) is 7.58. The lowest BCUT2D eigenvalue weighted by Crippen LogP contribution is -2.31. The Balaban J connectivity index is 2.03. The lowest BCUT2D eigenvalue weighted by Gasteiger charge is -2.39. The van der Waals surface area contributed by atoms with Gasteiger partial charge in [0.1, 0.15) is 17.1 Å². The fourth-order valence-corrected chi connectivity index (χ4v) is 4.28. The molecule has 0 unspecified atom stereocenters. The summed E-state index contributed by atoms with van der Waals surface area (Å²) in [7, 11) is 0. The second-order valence-electron chi connectivity index (χ2n) is 8.84. The predicted octanol–water partition coefficient (Wildman–Crippen LogP) is 6.83. The maximum absolute atomic E-state index is 9.99. The summed E-state index contributed by atoms with van der Waals surface area (Å²) in [4.78, 5) is 0. The van der Waals surface area contributed by atoms with Crippen molar-refractivity contribution < 1.29 is 9.84 Å². The van der Waals surface area contributed by atoms with Crippen LogP contribution in [0.2, 0.25) is 0 Å². The van der Waals surface area contributed by atoms with Crippen molar-refractivity contribution in [2.24, 2.45) is 0 Å². The molecule has 0 atom stereocenters. The maximum atomic E-state index is 9.99. The Kier molecular flexibility index (Phi) is 5.55. The Hall–Kier alpha value is -1.96. The normalized spacial score (nSPS) is 16.9. The molecule has 1 saturated carbocycles. The summed E-state index contributed by atoms with van der Waals surface area (Å²) in [5, 5.41) is 9.99. The van der Waals surface area contributed by atoms with Crippen LogP contribution in [0.25, 0.3) is 0 Å². The van der Waals surface area contributed by atoms with Crippen LogP contribution in [0.3, 0.4) is 0 Å². The molecule has 0 bridgehead atoms. The molecule has 0 spiro atoms. The summed E-state index contributed by atoms with van der Waals surface area (Å²) in [5.41, 5.74) is 4.77. The SMILES string of the molecule is CCC(C)(C)Oc1ccc(C2(c3ccc(O)c(C)c3)CCCCC2)cc1C. The van der Waals surface area contributed by atoms with Gasteiger partial charge in [-0.05, 0) is 81.3 Å². The number of hydrogen-bond donors (Lipinski definition) is 1. The van der Waals surface area contributed by atoms with Gasteiger partial charge in [0.25, 0.3) is 0 Å². The van der Waals surface area contributed by atoms with Gasteiger partial charge in [-0.1, -0.05) is 50.5 Å². The van der Waals surface area contributed by atoms with E-state index in [9.17, 15) is 5.11 Å². The molecule has 2 aromatic carbocycles. The Morgan fingerprint density at radius 3 is 2.07 bits per heavy atom. The van der Waals surface area contributed by atoms with E-state index in [4.69, 9.17) is 4.74 Å². The Morgan fingerprint density at radius 1 is 0.926 bits per heavy atom. The molecule has 2 heteroatoms. The van der Waals surface area contributed by atoms with Gasteiger partial charge in [-0.15, -0.1) is 0 Å². The predicted molar refractivity (Wildman–Crippen MR) is 113 cm³/mol. The lowest BCUT2D eigenvalue weighted by molar-refractivity contribution is 0.104. The molecule has 146 valence electrons. The number of aromatic hydroxyl groups is 1. The third-order valence-corrected chi connectivity index (χ3v) is 6.42. The molecule has 1 aliphatic rings. The van der Waals surface area contributed by atoms with Crippen LogP contribution >= 0.6 is 0 Å². The average molecular weight is 367 g/mol. The van der Waals surface area contributed by atoms with Crippen LogP contribution < -0.4 is 4.74 Å². The highest BCUT2D eigenvalue weighted by Crippen LogP contribution is 2.46. The highest BCUT2D eigenvalue weighted by molar-refractivity contribution is 5.48. The van der Waals surface area contributed by atoms with Crippen molar-refractivity contribution in [3.8, 4) is 11.5 Å². The highest BCUT2D eigenvalue weighted by Gasteiger charge is 2.36. The Bertz CT molecular complexity index is 798. The van der Waals surface area contributed by atoms with Crippen LogP contribution in [0.5, 0.6) is 11.5 Å². The van der Waals surface area contributed by atoms with Gasteiger partial charge in [0, 0.05) is 5.41 Å². The van der Waals surface area contributed by atoms with Crippen LogP contribution in [0, 0.1) is 13.8 Å². The summed E-state index contributed by atoms with van der Waals surface area (Å²) in [6, 6.07) is 12.9. The molecule has 1 N–H and O–H groups in total. The first kappa shape index (κ1) is 19.8. The minimum atomic E-state index is -0.150. The van der Waals surface area contributed by atoms with Gasteiger partial charge in [0.2, 0.25) is 0 Å². The summed E-state index contributed by atoms with van der Waals surface area (Å²) in [6.07, 6.45) is 7.11. The first-order valence-corrected chi connectivity index (χ1v) is 10.4. The summed E-state index contributed by atoms with van der Waals surface area (Å²) in [5.74, 6) is 1.37. The zero-order valence-electron chi connectivity index (χ0n) is 17.6. The van der Waals surface area contributed by atoms with E-state index in [-0.39, 0.29) is 11.0 Å². The lowest BCUT2D eigenvalue weighted by atomic mass is 9.65. The Labute approximate surface area is 164 Å². The monoisotopic (exact) mass is 366 g/mol. The largest absolute Gasteiger partial charge is 0.508 e. The number of benzene rings is 2. The summed E-state index contributed by atoms with van der Waals surface area (Å²) < 4.78 is 6.26. The van der Waals surface area contributed by atoms with Gasteiger partial charge >= 0.3 is 0 Å². The van der Waals surface area contributed by atoms with Crippen molar-refractivity contribution >= 4 is 0 Å². The topological polar surface area (TPSA) is 29.5 Å². The summed E-state index contributed by atoms with van der Waals surface area (Å²) in [6.45, 7) is 10.6. The van der Waals surface area contributed by atoms with Gasteiger partial charge in [0.05, 0.1) is 0 Å². The quantitative estimate of drug-likeness (QED) is 0.628. The molecule has 0 heterocycles. The first-order valence-electron chi connectivity index (χ1n) is 10.4. The van der Waals surface area contributed by atoms with Crippen molar-refractivity contribution in [3.63, 3.8) is 0 Å². The molecular weight excluding hydrogens is 332 g/mol. The van der Waals surface area contributed by atoms with Crippen molar-refractivity contribution in [1.29, 1.82) is 0 Å². The van der Waals surface area contributed by atoms with Crippen molar-refractivity contribution in [3.05, 3.63) is 58.7 Å². The van der Waals surface area contributed by atoms with Crippen molar-refractivity contribution in [2.75, 3.05) is 0 Å². The first-order chi connectivity index (χ1) is 12.8. The molecule has 0 aromatic heterocycles. The molecule has 2 aromatic rings. The molecular formula is C25H34O2. The van der Waals surface area contributed by atoms with E-state index < -0.39 is 0 Å². The molecule has 0 saturated heterocycles. The van der Waals surface area contributed by atoms with Crippen LogP contribution in [-0.2, 0) is 5.41 Å². The third-order valence-electron chi connectivity index (χ3n) is 6.42. The van der Waals surface area contributed by atoms with Crippen molar-refractivity contribution in [2.45, 2.75) is 84.2 Å². The van der Waals surface area contributed by atoms with E-state index in [0.717, 1.165) is 30.6 Å². The van der Waals surface area contributed by atoms with E-state index in [0.29, 0.717) is 5.75 Å². The molecule has 27 heavy (non-hydrogen) atoms. The number of phenolic OH excluding ortho intramolecular Hbond substituents is 1. The molecule has 1 aliphatic carbocycles. The fourth-order valence-electron chi connectivity index (χ4n) is 4.28. The van der Waals surface area contributed by atoms with E-state index in [1.165, 1.54) is 36.0 Å². The second-order valence-corrected chi connectivity index (χ2v) is 8.84. The molecule has 1 fully saturated rings. The van der Waals surface area contributed by atoms with Gasteiger partial charge < -0.3 is 9.84 Å². The zero-order chi connectivity index (χ0) is 19.7. The molecule has 0 aliphatic heterocycles. The van der Waals surface area contributed by atoms with Gasteiger partial charge in [-0.25, -0.2) is 0 Å². The number of aryl methyl sites for hydroxylation is 2. The fraction of sp³-hybridized carbons (Fsp3) is 0.520. The van der Waals surface area contributed by atoms with E-state index in [2.05, 4.69) is 58.0 Å². The molecule has 3 rings (SSSR count). The number of hydrogen-bond acceptors (Lipinski definition) is 2. The highest BCUT2D eigenvalue weighted by atomic mass is 16.5. The van der Waals surface area contributed by atoms with E-state index in [1.54, 1.807) is 0 Å². The third kappa shape index (κ3) is 4.00. The van der Waals surface area contributed by atoms with Crippen LogP contribution in [-0.4, -0.2) is 10.7 Å². The molecule has 0 radical (unpaired) electrons. The van der Waals surface area contributed by atoms with E-state index in [1.807, 2.05) is 13.0 Å². The van der Waals surface area contributed by atoms with Crippen LogP contribution in [0.1, 0.15) is 81.5 Å². The van der Waals surface area contributed by atoms with Crippen molar-refractivity contribution in [1.82, 2.24) is 0 Å². The van der Waals surface area contributed by atoms with Gasteiger partial charge in [0.15, 0.2) is 0 Å². The standard InChI is InChI=1S/C25H34O2/c1-6-24(4,5)27-23-13-11-21(17-19(23)3)25(14-8-7-9-15-25)20-10-12-22(26)18(2)16-20/h10-13,16-17,26H,6-9,14-15H2,1-5H3. The number of rotatable bonds is 5. The van der Waals surface area contributed by atoms with Crippen LogP contribution in [0.4, 0.5) is 0 Å². The zero-order valence-corrected chi connectivity index (χ0v) is 17.6. The minimum absolute atomic E-state index is 0.0419. The number of ether oxygens (including phenoxy) is 1.